The van der Waals surface area contributed by atoms with Crippen molar-refractivity contribution in [2.24, 2.45) is 0 Å². The number of carbonyl (C=O) groups excluding carboxylic acids is 1. The first-order valence-corrected chi connectivity index (χ1v) is 9.47. The SMILES string of the molecule is Cc1ccc(Br)c(C(=O)N2CCC(NS(C)(=O)=O)CC2)c1. The maximum Gasteiger partial charge on any atom is 0.255 e. The molecule has 1 saturated heterocycles. The van der Waals surface area contributed by atoms with Gasteiger partial charge in [-0.1, -0.05) is 11.6 Å². The van der Waals surface area contributed by atoms with Crippen LogP contribution in [0.3, 0.4) is 0 Å². The van der Waals surface area contributed by atoms with Gasteiger partial charge in [0.15, 0.2) is 0 Å². The highest BCUT2D eigenvalue weighted by atomic mass is 79.9. The van der Waals surface area contributed by atoms with E-state index < -0.39 is 10.0 Å². The van der Waals surface area contributed by atoms with Gasteiger partial charge in [-0.05, 0) is 47.8 Å². The number of nitrogens with zero attached hydrogens (tertiary/aromatic N) is 1. The number of sulfonamides is 1. The lowest BCUT2D eigenvalue weighted by Gasteiger charge is -2.32. The zero-order chi connectivity index (χ0) is 15.6. The number of benzene rings is 1. The monoisotopic (exact) mass is 374 g/mol. The second kappa shape index (κ2) is 6.46. The Bertz CT molecular complexity index is 638. The number of nitrogens with one attached hydrogen (secondary N) is 1. The van der Waals surface area contributed by atoms with Crippen molar-refractivity contribution in [2.75, 3.05) is 19.3 Å². The van der Waals surface area contributed by atoms with E-state index in [0.717, 1.165) is 16.3 Å². The van der Waals surface area contributed by atoms with Crippen LogP contribution in [0.25, 0.3) is 0 Å². The molecule has 0 atom stereocenters. The van der Waals surface area contributed by atoms with Crippen molar-refractivity contribution < 1.29 is 13.2 Å². The quantitative estimate of drug-likeness (QED) is 0.878. The second-order valence-electron chi connectivity index (χ2n) is 5.44. The summed E-state index contributed by atoms with van der Waals surface area (Å²) in [5.41, 5.74) is 1.69. The number of piperidine rings is 1. The van der Waals surface area contributed by atoms with E-state index in [1.54, 1.807) is 4.90 Å². The molecule has 1 fully saturated rings. The molecule has 2 rings (SSSR count). The zero-order valence-corrected chi connectivity index (χ0v) is 14.5. The summed E-state index contributed by atoms with van der Waals surface area (Å²) < 4.78 is 25.8. The summed E-state index contributed by atoms with van der Waals surface area (Å²) in [6.07, 6.45) is 2.44. The van der Waals surface area contributed by atoms with Gasteiger partial charge in [-0.15, -0.1) is 0 Å². The van der Waals surface area contributed by atoms with Gasteiger partial charge in [0.25, 0.3) is 5.91 Å². The molecule has 0 saturated carbocycles. The Morgan fingerprint density at radius 1 is 1.33 bits per heavy atom. The Labute approximate surface area is 133 Å². The summed E-state index contributed by atoms with van der Waals surface area (Å²) in [6.45, 7) is 3.07. The highest BCUT2D eigenvalue weighted by molar-refractivity contribution is 9.10. The van der Waals surface area contributed by atoms with Crippen LogP contribution in [0.1, 0.15) is 28.8 Å². The molecular formula is C14H19BrN2O3S. The van der Waals surface area contributed by atoms with Gasteiger partial charge in [-0.3, -0.25) is 4.79 Å². The molecule has 1 aromatic carbocycles. The number of aryl methyl sites for hydroxylation is 1. The number of amides is 1. The van der Waals surface area contributed by atoms with E-state index in [2.05, 4.69) is 20.7 Å². The van der Waals surface area contributed by atoms with Gasteiger partial charge in [0, 0.05) is 23.6 Å². The Balaban J connectivity index is 2.02. The van der Waals surface area contributed by atoms with Crippen molar-refractivity contribution in [2.45, 2.75) is 25.8 Å². The molecule has 1 aliphatic heterocycles. The van der Waals surface area contributed by atoms with Gasteiger partial charge in [0.2, 0.25) is 10.0 Å². The number of rotatable bonds is 3. The third-order valence-electron chi connectivity index (χ3n) is 3.52. The van der Waals surface area contributed by atoms with Gasteiger partial charge < -0.3 is 4.90 Å². The lowest BCUT2D eigenvalue weighted by Crippen LogP contribution is -2.46. The normalized spacial score (nSPS) is 17.0. The molecule has 1 N–H and O–H groups in total. The van der Waals surface area contributed by atoms with Crippen LogP contribution < -0.4 is 4.72 Å². The van der Waals surface area contributed by atoms with Crippen LogP contribution in [0.4, 0.5) is 0 Å². The number of hydrogen-bond acceptors (Lipinski definition) is 3. The molecule has 1 heterocycles. The molecule has 1 aliphatic rings. The average molecular weight is 375 g/mol. The van der Waals surface area contributed by atoms with E-state index in [1.165, 1.54) is 0 Å². The summed E-state index contributed by atoms with van der Waals surface area (Å²) in [5.74, 6) is -0.0108. The van der Waals surface area contributed by atoms with Crippen molar-refractivity contribution >= 4 is 31.9 Å². The third-order valence-corrected chi connectivity index (χ3v) is 4.97. The van der Waals surface area contributed by atoms with Crippen LogP contribution in [-0.2, 0) is 10.0 Å². The maximum absolute atomic E-state index is 12.5. The van der Waals surface area contributed by atoms with Gasteiger partial charge in [-0.25, -0.2) is 13.1 Å². The number of carbonyl (C=O) groups is 1. The molecule has 0 aromatic heterocycles. The summed E-state index contributed by atoms with van der Waals surface area (Å²) in [5, 5.41) is 0. The Kier molecular flexibility index (Phi) is 5.06. The summed E-state index contributed by atoms with van der Waals surface area (Å²) in [7, 11) is -3.19. The molecule has 1 aromatic rings. The first kappa shape index (κ1) is 16.5. The maximum atomic E-state index is 12.5. The topological polar surface area (TPSA) is 66.5 Å². The molecule has 0 spiro atoms. The van der Waals surface area contributed by atoms with Crippen molar-refractivity contribution in [1.29, 1.82) is 0 Å². The van der Waals surface area contributed by atoms with E-state index >= 15 is 0 Å². The minimum absolute atomic E-state index is 0.0108. The van der Waals surface area contributed by atoms with Crippen LogP contribution in [-0.4, -0.2) is 44.6 Å². The van der Waals surface area contributed by atoms with E-state index in [9.17, 15) is 13.2 Å². The van der Waals surface area contributed by atoms with Crippen LogP contribution in [0.15, 0.2) is 22.7 Å². The molecule has 21 heavy (non-hydrogen) atoms. The van der Waals surface area contributed by atoms with Crippen LogP contribution in [0, 0.1) is 6.92 Å². The molecular weight excluding hydrogens is 356 g/mol. The molecule has 0 unspecified atom stereocenters. The van der Waals surface area contributed by atoms with E-state index in [0.29, 0.717) is 31.5 Å². The fourth-order valence-electron chi connectivity index (χ4n) is 2.48. The van der Waals surface area contributed by atoms with E-state index in [1.807, 2.05) is 25.1 Å². The van der Waals surface area contributed by atoms with Gasteiger partial charge >= 0.3 is 0 Å². The van der Waals surface area contributed by atoms with E-state index in [-0.39, 0.29) is 11.9 Å². The number of hydrogen-bond donors (Lipinski definition) is 1. The summed E-state index contributed by atoms with van der Waals surface area (Å²) >= 11 is 3.41. The van der Waals surface area contributed by atoms with Crippen molar-refractivity contribution in [3.05, 3.63) is 33.8 Å². The predicted octanol–water partition coefficient (Wildman–Crippen LogP) is 1.91. The predicted molar refractivity (Wildman–Crippen MR) is 85.8 cm³/mol. The Hall–Kier alpha value is -0.920. The Morgan fingerprint density at radius 2 is 1.95 bits per heavy atom. The molecule has 1 amide bonds. The highest BCUT2D eigenvalue weighted by Gasteiger charge is 2.26. The average Bonchev–Trinajstić information content (AvgIpc) is 2.40. The molecule has 0 bridgehead atoms. The lowest BCUT2D eigenvalue weighted by molar-refractivity contribution is 0.0710. The third kappa shape index (κ3) is 4.52. The molecule has 7 heteroatoms. The molecule has 116 valence electrons. The Morgan fingerprint density at radius 3 is 2.52 bits per heavy atom. The van der Waals surface area contributed by atoms with Gasteiger partial charge in [0.05, 0.1) is 11.8 Å². The fourth-order valence-corrected chi connectivity index (χ4v) is 3.73. The standard InChI is InChI=1S/C14H19BrN2O3S/c1-10-3-4-13(15)12(9-10)14(18)17-7-5-11(6-8-17)16-21(2,19)20/h3-4,9,11,16H,5-8H2,1-2H3. The number of halogens is 1. The van der Waals surface area contributed by atoms with Crippen LogP contribution in [0.5, 0.6) is 0 Å². The summed E-state index contributed by atoms with van der Waals surface area (Å²) in [6, 6.07) is 5.61. The van der Waals surface area contributed by atoms with Crippen molar-refractivity contribution in [1.82, 2.24) is 9.62 Å². The summed E-state index contributed by atoms with van der Waals surface area (Å²) in [4.78, 5) is 14.3. The largest absolute Gasteiger partial charge is 0.338 e. The zero-order valence-electron chi connectivity index (χ0n) is 12.1. The van der Waals surface area contributed by atoms with Crippen molar-refractivity contribution in [3.8, 4) is 0 Å². The van der Waals surface area contributed by atoms with Gasteiger partial charge in [-0.2, -0.15) is 0 Å². The van der Waals surface area contributed by atoms with Crippen LogP contribution in [0.2, 0.25) is 0 Å². The fraction of sp³-hybridized carbons (Fsp3) is 0.500. The second-order valence-corrected chi connectivity index (χ2v) is 8.07. The number of likely N-dealkylation sites (tertiary alicyclic amines) is 1. The first-order valence-electron chi connectivity index (χ1n) is 6.79. The minimum Gasteiger partial charge on any atom is -0.338 e. The minimum atomic E-state index is -3.19. The van der Waals surface area contributed by atoms with Gasteiger partial charge in [0.1, 0.15) is 0 Å². The van der Waals surface area contributed by atoms with E-state index in [4.69, 9.17) is 0 Å². The molecule has 5 nitrogen and oxygen atoms in total. The smallest absolute Gasteiger partial charge is 0.255 e. The highest BCUT2D eigenvalue weighted by Crippen LogP contribution is 2.22. The van der Waals surface area contributed by atoms with Crippen LogP contribution >= 0.6 is 15.9 Å². The lowest BCUT2D eigenvalue weighted by atomic mass is 10.0. The van der Waals surface area contributed by atoms with Crippen molar-refractivity contribution in [3.63, 3.8) is 0 Å². The first-order chi connectivity index (χ1) is 9.76. The molecule has 0 aliphatic carbocycles. The molecule has 0 radical (unpaired) electrons.